The van der Waals surface area contributed by atoms with Gasteiger partial charge in [-0.1, -0.05) is 62.4 Å². The number of amides is 2. The Morgan fingerprint density at radius 3 is 2.06 bits per heavy atom. The quantitative estimate of drug-likeness (QED) is 0.508. The highest BCUT2D eigenvalue weighted by Crippen LogP contribution is 2.44. The molecule has 0 atom stereocenters. The van der Waals surface area contributed by atoms with E-state index >= 15 is 0 Å². The van der Waals surface area contributed by atoms with Gasteiger partial charge in [-0.15, -0.1) is 0 Å². The van der Waals surface area contributed by atoms with Crippen LogP contribution in [-0.2, 0) is 14.3 Å². The molecule has 0 aromatic heterocycles. The summed E-state index contributed by atoms with van der Waals surface area (Å²) in [6, 6.07) is 16.4. The summed E-state index contributed by atoms with van der Waals surface area (Å²) in [5.74, 6) is -1.12. The third kappa shape index (κ3) is 4.65. The SMILES string of the molecule is CCC(CC)(NC(=O)CC1CC(NC(=O)OCC2c3ccccc3-c3ccccc32)C1)C(=O)O. The fourth-order valence-electron chi connectivity index (χ4n) is 5.19. The molecule has 2 amide bonds. The number of carboxylic acid groups (broad SMARTS) is 1. The minimum absolute atomic E-state index is 0.0163. The average Bonchev–Trinajstić information content (AvgIpc) is 3.13. The first kappa shape index (κ1) is 23.8. The number of carbonyl (C=O) groups is 3. The smallest absolute Gasteiger partial charge is 0.407 e. The van der Waals surface area contributed by atoms with Gasteiger partial charge in [0.25, 0.3) is 0 Å². The van der Waals surface area contributed by atoms with Crippen LogP contribution in [0.3, 0.4) is 0 Å². The Balaban J connectivity index is 1.23. The van der Waals surface area contributed by atoms with Crippen LogP contribution in [0.4, 0.5) is 4.79 Å². The van der Waals surface area contributed by atoms with Gasteiger partial charge in [0, 0.05) is 18.4 Å². The summed E-state index contributed by atoms with van der Waals surface area (Å²) >= 11 is 0. The molecule has 2 aromatic carbocycles. The topological polar surface area (TPSA) is 105 Å². The lowest BCUT2D eigenvalue weighted by molar-refractivity contribution is -0.148. The van der Waals surface area contributed by atoms with Gasteiger partial charge >= 0.3 is 12.1 Å². The molecular weight excluding hydrogens is 432 g/mol. The van der Waals surface area contributed by atoms with Crippen molar-refractivity contribution in [3.63, 3.8) is 0 Å². The first-order valence-electron chi connectivity index (χ1n) is 12.0. The monoisotopic (exact) mass is 464 g/mol. The van der Waals surface area contributed by atoms with E-state index in [0.29, 0.717) is 25.7 Å². The van der Waals surface area contributed by atoms with Gasteiger partial charge in [0.05, 0.1) is 0 Å². The third-order valence-electron chi connectivity index (χ3n) is 7.37. The van der Waals surface area contributed by atoms with Crippen LogP contribution < -0.4 is 10.6 Å². The van der Waals surface area contributed by atoms with Gasteiger partial charge in [-0.05, 0) is 53.9 Å². The zero-order valence-electron chi connectivity index (χ0n) is 19.7. The molecule has 3 N–H and O–H groups in total. The fourth-order valence-corrected chi connectivity index (χ4v) is 5.19. The number of rotatable bonds is 9. The molecular formula is C27H32N2O5. The Morgan fingerprint density at radius 1 is 0.971 bits per heavy atom. The molecule has 0 saturated heterocycles. The molecule has 7 nitrogen and oxygen atoms in total. The van der Waals surface area contributed by atoms with Gasteiger partial charge in [0.1, 0.15) is 12.1 Å². The van der Waals surface area contributed by atoms with Crippen molar-refractivity contribution in [3.05, 3.63) is 59.7 Å². The molecule has 7 heteroatoms. The molecule has 180 valence electrons. The van der Waals surface area contributed by atoms with Crippen LogP contribution in [0.25, 0.3) is 11.1 Å². The van der Waals surface area contributed by atoms with Crippen molar-refractivity contribution in [1.29, 1.82) is 0 Å². The number of aliphatic carboxylic acids is 1. The number of carboxylic acids is 1. The van der Waals surface area contributed by atoms with E-state index < -0.39 is 17.6 Å². The maximum atomic E-state index is 12.4. The molecule has 0 radical (unpaired) electrons. The lowest BCUT2D eigenvalue weighted by Gasteiger charge is -2.36. The van der Waals surface area contributed by atoms with Crippen LogP contribution >= 0.6 is 0 Å². The number of fused-ring (bicyclic) bond motifs is 3. The maximum Gasteiger partial charge on any atom is 0.407 e. The fraction of sp³-hybridized carbons (Fsp3) is 0.444. The molecule has 2 aromatic rings. The summed E-state index contributed by atoms with van der Waals surface area (Å²) in [5, 5.41) is 15.1. The number of hydrogen-bond donors (Lipinski definition) is 3. The standard InChI is InChI=1S/C27H32N2O5/c1-3-27(4-2,25(31)32)29-24(30)15-17-13-18(14-17)28-26(33)34-16-23-21-11-7-5-9-19(21)20-10-6-8-12-22(20)23/h5-12,17-18,23H,3-4,13-16H2,1-2H3,(H,28,33)(H,29,30)(H,31,32). The highest BCUT2D eigenvalue weighted by atomic mass is 16.5. The first-order chi connectivity index (χ1) is 16.4. The summed E-state index contributed by atoms with van der Waals surface area (Å²) in [6.45, 7) is 3.79. The normalized spacial score (nSPS) is 18.9. The van der Waals surface area contributed by atoms with E-state index in [-0.39, 0.29) is 36.8 Å². The van der Waals surface area contributed by atoms with Crippen molar-refractivity contribution < 1.29 is 24.2 Å². The van der Waals surface area contributed by atoms with Crippen molar-refractivity contribution in [1.82, 2.24) is 10.6 Å². The van der Waals surface area contributed by atoms with Gasteiger partial charge in [-0.25, -0.2) is 9.59 Å². The van der Waals surface area contributed by atoms with Crippen LogP contribution in [0.2, 0.25) is 0 Å². The van der Waals surface area contributed by atoms with Gasteiger partial charge in [0.15, 0.2) is 0 Å². The van der Waals surface area contributed by atoms with Crippen LogP contribution in [0.15, 0.2) is 48.5 Å². The molecule has 0 unspecified atom stereocenters. The van der Waals surface area contributed by atoms with Crippen LogP contribution in [0.1, 0.15) is 63.0 Å². The van der Waals surface area contributed by atoms with Gasteiger partial charge in [-0.2, -0.15) is 0 Å². The minimum atomic E-state index is -1.21. The van der Waals surface area contributed by atoms with Crippen LogP contribution in [0, 0.1) is 5.92 Å². The molecule has 0 spiro atoms. The predicted octanol–water partition coefficient (Wildman–Crippen LogP) is 4.45. The predicted molar refractivity (Wildman–Crippen MR) is 128 cm³/mol. The Bertz CT molecular complexity index is 1030. The van der Waals surface area contributed by atoms with E-state index in [0.717, 1.165) is 0 Å². The number of hydrogen-bond acceptors (Lipinski definition) is 4. The van der Waals surface area contributed by atoms with E-state index in [4.69, 9.17) is 4.74 Å². The Labute approximate surface area is 199 Å². The summed E-state index contributed by atoms with van der Waals surface area (Å²) in [5.41, 5.74) is 3.50. The highest BCUT2D eigenvalue weighted by molar-refractivity contribution is 5.87. The van der Waals surface area contributed by atoms with Crippen molar-refractivity contribution in [2.45, 2.75) is 63.5 Å². The molecule has 34 heavy (non-hydrogen) atoms. The van der Waals surface area contributed by atoms with E-state index in [1.165, 1.54) is 22.3 Å². The lowest BCUT2D eigenvalue weighted by Crippen LogP contribution is -2.54. The largest absolute Gasteiger partial charge is 0.480 e. The van der Waals surface area contributed by atoms with Crippen molar-refractivity contribution in [2.24, 2.45) is 5.92 Å². The average molecular weight is 465 g/mol. The van der Waals surface area contributed by atoms with Gasteiger partial charge < -0.3 is 20.5 Å². The third-order valence-corrected chi connectivity index (χ3v) is 7.37. The molecule has 0 bridgehead atoms. The molecule has 1 fully saturated rings. The maximum absolute atomic E-state index is 12.4. The summed E-state index contributed by atoms with van der Waals surface area (Å²) in [4.78, 5) is 36.4. The molecule has 1 saturated carbocycles. The summed E-state index contributed by atoms with van der Waals surface area (Å²) in [7, 11) is 0. The van der Waals surface area contributed by atoms with E-state index in [1.54, 1.807) is 13.8 Å². The van der Waals surface area contributed by atoms with Crippen molar-refractivity contribution in [2.75, 3.05) is 6.61 Å². The van der Waals surface area contributed by atoms with Crippen LogP contribution in [0.5, 0.6) is 0 Å². The van der Waals surface area contributed by atoms with Gasteiger partial charge in [-0.3, -0.25) is 4.79 Å². The number of alkyl carbamates (subject to hydrolysis) is 1. The summed E-state index contributed by atoms with van der Waals surface area (Å²) < 4.78 is 5.59. The zero-order valence-corrected chi connectivity index (χ0v) is 19.7. The van der Waals surface area contributed by atoms with E-state index in [2.05, 4.69) is 34.9 Å². The Morgan fingerprint density at radius 2 is 1.53 bits per heavy atom. The number of nitrogens with one attached hydrogen (secondary N) is 2. The van der Waals surface area contributed by atoms with Crippen molar-refractivity contribution >= 4 is 18.0 Å². The van der Waals surface area contributed by atoms with Crippen LogP contribution in [-0.4, -0.2) is 41.3 Å². The Kier molecular flexibility index (Phi) is 6.91. The second-order valence-electron chi connectivity index (χ2n) is 9.35. The van der Waals surface area contributed by atoms with E-state index in [1.807, 2.05) is 24.3 Å². The lowest BCUT2D eigenvalue weighted by atomic mass is 9.78. The van der Waals surface area contributed by atoms with Crippen molar-refractivity contribution in [3.8, 4) is 11.1 Å². The molecule has 0 aliphatic heterocycles. The molecule has 2 aliphatic rings. The molecule has 4 rings (SSSR count). The second kappa shape index (κ2) is 9.87. The summed E-state index contributed by atoms with van der Waals surface area (Å²) in [6.07, 6.45) is 1.84. The number of benzene rings is 2. The number of carbonyl (C=O) groups excluding carboxylic acids is 2. The zero-order chi connectivity index (χ0) is 24.3. The number of ether oxygens (including phenoxy) is 1. The highest BCUT2D eigenvalue weighted by Gasteiger charge is 2.38. The van der Waals surface area contributed by atoms with E-state index in [9.17, 15) is 19.5 Å². The second-order valence-corrected chi connectivity index (χ2v) is 9.35. The first-order valence-corrected chi connectivity index (χ1v) is 12.0. The minimum Gasteiger partial charge on any atom is -0.480 e. The van der Waals surface area contributed by atoms with Gasteiger partial charge in [0.2, 0.25) is 5.91 Å². The molecule has 2 aliphatic carbocycles. The Hall–Kier alpha value is -3.35. The molecule has 0 heterocycles.